The van der Waals surface area contributed by atoms with Gasteiger partial charge in [0.05, 0.1) is 5.25 Å². The number of aliphatic carboxylic acids is 1. The van der Waals surface area contributed by atoms with Crippen LogP contribution in [-0.2, 0) is 14.8 Å². The number of nitrogens with one attached hydrogen (secondary N) is 1. The summed E-state index contributed by atoms with van der Waals surface area (Å²) in [5.74, 6) is -1.05. The van der Waals surface area contributed by atoms with E-state index in [1.54, 1.807) is 32.0 Å². The summed E-state index contributed by atoms with van der Waals surface area (Å²) in [6.07, 6.45) is 2.45. The molecule has 0 saturated carbocycles. The molecule has 5 nitrogen and oxygen atoms in total. The van der Waals surface area contributed by atoms with E-state index in [-0.39, 0.29) is 0 Å². The van der Waals surface area contributed by atoms with Gasteiger partial charge in [-0.15, -0.1) is 0 Å². The van der Waals surface area contributed by atoms with E-state index in [4.69, 9.17) is 5.11 Å². The smallest absolute Gasteiger partial charge is 0.328 e. The van der Waals surface area contributed by atoms with Crippen LogP contribution in [0.3, 0.4) is 0 Å². The summed E-state index contributed by atoms with van der Waals surface area (Å²) in [4.78, 5) is 10.5. The molecule has 1 rings (SSSR count). The zero-order valence-electron chi connectivity index (χ0n) is 11.0. The molecule has 0 bridgehead atoms. The average Bonchev–Trinajstić information content (AvgIpc) is 2.29. The third kappa shape index (κ3) is 4.40. The molecule has 19 heavy (non-hydrogen) atoms. The topological polar surface area (TPSA) is 83.5 Å². The molecule has 0 spiro atoms. The van der Waals surface area contributed by atoms with Crippen LogP contribution in [-0.4, -0.2) is 24.7 Å². The Balaban J connectivity index is 3.07. The van der Waals surface area contributed by atoms with Gasteiger partial charge in [0.1, 0.15) is 0 Å². The lowest BCUT2D eigenvalue weighted by atomic mass is 10.1. The van der Waals surface area contributed by atoms with Crippen LogP contribution in [0.1, 0.15) is 25.0 Å². The Morgan fingerprint density at radius 1 is 1.37 bits per heavy atom. The Morgan fingerprint density at radius 2 is 2.00 bits per heavy atom. The molecule has 0 fully saturated rings. The van der Waals surface area contributed by atoms with E-state index in [9.17, 15) is 13.2 Å². The normalized spacial score (nSPS) is 12.0. The van der Waals surface area contributed by atoms with E-state index in [1.165, 1.54) is 6.08 Å². The largest absolute Gasteiger partial charge is 0.478 e. The Morgan fingerprint density at radius 3 is 2.53 bits per heavy atom. The number of carbonyl (C=O) groups is 1. The maximum Gasteiger partial charge on any atom is 0.328 e. The van der Waals surface area contributed by atoms with Crippen molar-refractivity contribution in [3.63, 3.8) is 0 Å². The van der Waals surface area contributed by atoms with Crippen LogP contribution in [0.5, 0.6) is 0 Å². The highest BCUT2D eigenvalue weighted by Gasteiger charge is 2.15. The predicted molar refractivity (Wildman–Crippen MR) is 75.5 cm³/mol. The molecular formula is C13H17NO4S. The third-order valence-corrected chi connectivity index (χ3v) is 4.33. The number of aryl methyl sites for hydroxylation is 1. The molecule has 0 aliphatic rings. The fraction of sp³-hybridized carbons (Fsp3) is 0.308. The highest BCUT2D eigenvalue weighted by molar-refractivity contribution is 7.93. The van der Waals surface area contributed by atoms with Crippen molar-refractivity contribution in [1.82, 2.24) is 0 Å². The van der Waals surface area contributed by atoms with Crippen LogP contribution in [0.15, 0.2) is 24.3 Å². The molecule has 0 aliphatic heterocycles. The Labute approximate surface area is 113 Å². The molecule has 0 unspecified atom stereocenters. The summed E-state index contributed by atoms with van der Waals surface area (Å²) in [7, 11) is -3.40. The van der Waals surface area contributed by atoms with Crippen molar-refractivity contribution in [2.75, 3.05) is 4.72 Å². The highest BCUT2D eigenvalue weighted by Crippen LogP contribution is 2.18. The van der Waals surface area contributed by atoms with E-state index >= 15 is 0 Å². The van der Waals surface area contributed by atoms with Gasteiger partial charge in [-0.25, -0.2) is 13.2 Å². The van der Waals surface area contributed by atoms with Crippen LogP contribution in [0.2, 0.25) is 0 Å². The highest BCUT2D eigenvalue weighted by atomic mass is 32.2. The van der Waals surface area contributed by atoms with Gasteiger partial charge in [0.15, 0.2) is 0 Å². The van der Waals surface area contributed by atoms with Crippen molar-refractivity contribution in [3.05, 3.63) is 35.4 Å². The lowest BCUT2D eigenvalue weighted by molar-refractivity contribution is -0.131. The summed E-state index contributed by atoms with van der Waals surface area (Å²) in [5.41, 5.74) is 1.95. The van der Waals surface area contributed by atoms with E-state index < -0.39 is 21.2 Å². The molecule has 6 heteroatoms. The zero-order chi connectivity index (χ0) is 14.6. The second-order valence-corrected chi connectivity index (χ2v) is 6.68. The SMILES string of the molecule is Cc1ccc(NS(=O)(=O)C(C)C)cc1C=CC(=O)O. The number of carboxylic acids is 1. The van der Waals surface area contributed by atoms with E-state index in [0.717, 1.165) is 11.6 Å². The maximum atomic E-state index is 11.7. The average molecular weight is 283 g/mol. The van der Waals surface area contributed by atoms with Gasteiger partial charge in [0.2, 0.25) is 10.0 Å². The fourth-order valence-corrected chi connectivity index (χ4v) is 2.02. The molecule has 0 heterocycles. The van der Waals surface area contributed by atoms with Gasteiger partial charge in [0, 0.05) is 11.8 Å². The van der Waals surface area contributed by atoms with Crippen molar-refractivity contribution < 1.29 is 18.3 Å². The number of hydrogen-bond donors (Lipinski definition) is 2. The molecule has 0 amide bonds. The summed E-state index contributed by atoms with van der Waals surface area (Å²) in [6, 6.07) is 4.99. The molecule has 0 aromatic heterocycles. The van der Waals surface area contributed by atoms with Crippen LogP contribution in [0, 0.1) is 6.92 Å². The summed E-state index contributed by atoms with van der Waals surface area (Å²) < 4.78 is 25.9. The predicted octanol–water partition coefficient (Wildman–Crippen LogP) is 2.24. The minimum atomic E-state index is -3.40. The number of anilines is 1. The Kier molecular flexibility index (Phi) is 4.72. The fourth-order valence-electron chi connectivity index (χ4n) is 1.33. The second-order valence-electron chi connectivity index (χ2n) is 4.44. The maximum absolute atomic E-state index is 11.7. The van der Waals surface area contributed by atoms with Gasteiger partial charge >= 0.3 is 5.97 Å². The lowest BCUT2D eigenvalue weighted by Gasteiger charge is -2.12. The molecule has 1 aromatic carbocycles. The molecule has 0 radical (unpaired) electrons. The molecule has 2 N–H and O–H groups in total. The van der Waals surface area contributed by atoms with Crippen LogP contribution in [0.25, 0.3) is 6.08 Å². The van der Waals surface area contributed by atoms with Crippen molar-refractivity contribution in [2.45, 2.75) is 26.0 Å². The molecule has 1 aromatic rings. The lowest BCUT2D eigenvalue weighted by Crippen LogP contribution is -2.22. The first kappa shape index (κ1) is 15.2. The summed E-state index contributed by atoms with van der Waals surface area (Å²) >= 11 is 0. The minimum absolute atomic E-state index is 0.421. The van der Waals surface area contributed by atoms with Gasteiger partial charge in [-0.3, -0.25) is 4.72 Å². The molecule has 0 saturated heterocycles. The number of hydrogen-bond acceptors (Lipinski definition) is 3. The molecular weight excluding hydrogens is 266 g/mol. The number of sulfonamides is 1. The monoisotopic (exact) mass is 283 g/mol. The first-order chi connectivity index (χ1) is 8.72. The van der Waals surface area contributed by atoms with Crippen LogP contribution >= 0.6 is 0 Å². The Bertz CT molecular complexity index is 603. The summed E-state index contributed by atoms with van der Waals surface area (Å²) in [6.45, 7) is 4.99. The quantitative estimate of drug-likeness (QED) is 0.812. The van der Waals surface area contributed by atoms with Gasteiger partial charge in [-0.2, -0.15) is 0 Å². The Hall–Kier alpha value is -1.82. The standard InChI is InChI=1S/C13H17NO4S/c1-9(2)19(17,18)14-12-6-4-10(3)11(8-12)5-7-13(15)16/h4-9,14H,1-3H3,(H,15,16). The van der Waals surface area contributed by atoms with Crippen molar-refractivity contribution >= 4 is 27.8 Å². The second kappa shape index (κ2) is 5.88. The van der Waals surface area contributed by atoms with Crippen molar-refractivity contribution in [2.24, 2.45) is 0 Å². The number of rotatable bonds is 5. The van der Waals surface area contributed by atoms with Gasteiger partial charge in [-0.1, -0.05) is 6.07 Å². The third-order valence-electron chi connectivity index (χ3n) is 2.57. The van der Waals surface area contributed by atoms with Gasteiger partial charge in [-0.05, 0) is 50.1 Å². The molecule has 104 valence electrons. The summed E-state index contributed by atoms with van der Waals surface area (Å²) in [5, 5.41) is 8.06. The van der Waals surface area contributed by atoms with Crippen molar-refractivity contribution in [1.29, 1.82) is 0 Å². The van der Waals surface area contributed by atoms with Gasteiger partial charge in [0.25, 0.3) is 0 Å². The first-order valence-electron chi connectivity index (χ1n) is 5.75. The molecule has 0 aliphatic carbocycles. The van der Waals surface area contributed by atoms with E-state index in [2.05, 4.69) is 4.72 Å². The minimum Gasteiger partial charge on any atom is -0.478 e. The van der Waals surface area contributed by atoms with E-state index in [1.807, 2.05) is 6.92 Å². The van der Waals surface area contributed by atoms with Crippen LogP contribution in [0.4, 0.5) is 5.69 Å². The molecule has 0 atom stereocenters. The van der Waals surface area contributed by atoms with Crippen LogP contribution < -0.4 is 4.72 Å². The number of benzene rings is 1. The number of carboxylic acid groups (broad SMARTS) is 1. The van der Waals surface area contributed by atoms with Gasteiger partial charge < -0.3 is 5.11 Å². The zero-order valence-corrected chi connectivity index (χ0v) is 11.9. The van der Waals surface area contributed by atoms with E-state index in [0.29, 0.717) is 11.3 Å². The first-order valence-corrected chi connectivity index (χ1v) is 7.30. The van der Waals surface area contributed by atoms with Crippen molar-refractivity contribution in [3.8, 4) is 0 Å².